The summed E-state index contributed by atoms with van der Waals surface area (Å²) < 4.78 is 0. The standard InChI is InChI=1S/C17H28N2/c1-14(2)10-11-19(17-8-9-17)13-16-7-5-4-6-15(16)12-18-3/h4-7,14,17-18H,8-13H2,1-3H3. The Morgan fingerprint density at radius 2 is 1.89 bits per heavy atom. The smallest absolute Gasteiger partial charge is 0.0239 e. The summed E-state index contributed by atoms with van der Waals surface area (Å²) in [6.07, 6.45) is 4.10. The second-order valence-corrected chi connectivity index (χ2v) is 6.18. The van der Waals surface area contributed by atoms with Crippen LogP contribution in [-0.4, -0.2) is 24.5 Å². The Morgan fingerprint density at radius 1 is 1.21 bits per heavy atom. The van der Waals surface area contributed by atoms with E-state index in [0.29, 0.717) is 0 Å². The first-order chi connectivity index (χ1) is 9.20. The number of hydrogen-bond donors (Lipinski definition) is 1. The van der Waals surface area contributed by atoms with Crippen molar-refractivity contribution >= 4 is 0 Å². The normalized spacial score (nSPS) is 15.4. The van der Waals surface area contributed by atoms with Gasteiger partial charge in [0.1, 0.15) is 0 Å². The highest BCUT2D eigenvalue weighted by atomic mass is 15.2. The van der Waals surface area contributed by atoms with Gasteiger partial charge in [-0.05, 0) is 49.9 Å². The number of nitrogens with zero attached hydrogens (tertiary/aromatic N) is 1. The fourth-order valence-corrected chi connectivity index (χ4v) is 2.55. The van der Waals surface area contributed by atoms with Crippen LogP contribution in [0.1, 0.15) is 44.2 Å². The lowest BCUT2D eigenvalue weighted by Gasteiger charge is -2.24. The molecular formula is C17H28N2. The summed E-state index contributed by atoms with van der Waals surface area (Å²) in [6, 6.07) is 9.70. The lowest BCUT2D eigenvalue weighted by Crippen LogP contribution is -2.28. The summed E-state index contributed by atoms with van der Waals surface area (Å²) in [5.41, 5.74) is 2.94. The van der Waals surface area contributed by atoms with Crippen molar-refractivity contribution in [1.82, 2.24) is 10.2 Å². The molecule has 0 bridgehead atoms. The number of rotatable bonds is 8. The van der Waals surface area contributed by atoms with Gasteiger partial charge in [-0.3, -0.25) is 4.90 Å². The maximum atomic E-state index is 3.27. The van der Waals surface area contributed by atoms with Gasteiger partial charge in [-0.2, -0.15) is 0 Å². The molecule has 1 fully saturated rings. The van der Waals surface area contributed by atoms with Gasteiger partial charge in [0.25, 0.3) is 0 Å². The molecule has 106 valence electrons. The van der Waals surface area contributed by atoms with Crippen LogP contribution in [-0.2, 0) is 13.1 Å². The van der Waals surface area contributed by atoms with E-state index in [9.17, 15) is 0 Å². The third-order valence-electron chi connectivity index (χ3n) is 3.92. The molecule has 0 unspecified atom stereocenters. The molecule has 0 saturated heterocycles. The fraction of sp³-hybridized carbons (Fsp3) is 0.647. The number of benzene rings is 1. The van der Waals surface area contributed by atoms with E-state index in [1.54, 1.807) is 0 Å². The van der Waals surface area contributed by atoms with Gasteiger partial charge in [-0.1, -0.05) is 38.1 Å². The Labute approximate surface area is 118 Å². The molecule has 0 spiro atoms. The molecule has 1 aromatic carbocycles. The average Bonchev–Trinajstić information content (AvgIpc) is 3.21. The summed E-state index contributed by atoms with van der Waals surface area (Å²) in [6.45, 7) is 7.98. The zero-order chi connectivity index (χ0) is 13.7. The molecule has 2 heteroatoms. The topological polar surface area (TPSA) is 15.3 Å². The van der Waals surface area contributed by atoms with Crippen molar-refractivity contribution in [3.8, 4) is 0 Å². The van der Waals surface area contributed by atoms with Gasteiger partial charge in [0, 0.05) is 19.1 Å². The largest absolute Gasteiger partial charge is 0.316 e. The second kappa shape index (κ2) is 7.06. The van der Waals surface area contributed by atoms with E-state index < -0.39 is 0 Å². The molecule has 0 aliphatic heterocycles. The molecule has 1 aliphatic carbocycles. The third-order valence-corrected chi connectivity index (χ3v) is 3.92. The van der Waals surface area contributed by atoms with E-state index in [1.807, 2.05) is 7.05 Å². The molecule has 19 heavy (non-hydrogen) atoms. The molecule has 1 aliphatic rings. The summed E-state index contributed by atoms with van der Waals surface area (Å²) in [7, 11) is 2.02. The highest BCUT2D eigenvalue weighted by Crippen LogP contribution is 2.29. The first-order valence-electron chi connectivity index (χ1n) is 7.66. The van der Waals surface area contributed by atoms with Gasteiger partial charge in [0.15, 0.2) is 0 Å². The Kier molecular flexibility index (Phi) is 5.41. The SMILES string of the molecule is CNCc1ccccc1CN(CCC(C)C)C1CC1. The summed E-state index contributed by atoms with van der Waals surface area (Å²) in [4.78, 5) is 2.69. The Bertz CT molecular complexity index is 383. The first kappa shape index (κ1) is 14.5. The van der Waals surface area contributed by atoms with Crippen LogP contribution in [0, 0.1) is 5.92 Å². The third kappa shape index (κ3) is 4.63. The van der Waals surface area contributed by atoms with Crippen LogP contribution in [0.5, 0.6) is 0 Å². The molecule has 1 aromatic rings. The van der Waals surface area contributed by atoms with E-state index in [-0.39, 0.29) is 0 Å². The lowest BCUT2D eigenvalue weighted by molar-refractivity contribution is 0.239. The van der Waals surface area contributed by atoms with Crippen LogP contribution in [0.15, 0.2) is 24.3 Å². The predicted octanol–water partition coefficient (Wildman–Crippen LogP) is 3.42. The lowest BCUT2D eigenvalue weighted by atomic mass is 10.1. The van der Waals surface area contributed by atoms with Gasteiger partial charge in [0.05, 0.1) is 0 Å². The molecule has 0 aromatic heterocycles. The Hall–Kier alpha value is -0.860. The Morgan fingerprint density at radius 3 is 2.47 bits per heavy atom. The first-order valence-corrected chi connectivity index (χ1v) is 7.66. The molecule has 2 rings (SSSR count). The monoisotopic (exact) mass is 260 g/mol. The van der Waals surface area contributed by atoms with Crippen molar-refractivity contribution in [3.05, 3.63) is 35.4 Å². The number of hydrogen-bond acceptors (Lipinski definition) is 2. The van der Waals surface area contributed by atoms with Gasteiger partial charge in [0.2, 0.25) is 0 Å². The van der Waals surface area contributed by atoms with Gasteiger partial charge >= 0.3 is 0 Å². The highest BCUT2D eigenvalue weighted by molar-refractivity contribution is 5.27. The van der Waals surface area contributed by atoms with Gasteiger partial charge in [-0.15, -0.1) is 0 Å². The predicted molar refractivity (Wildman–Crippen MR) is 82.1 cm³/mol. The van der Waals surface area contributed by atoms with Crippen LogP contribution in [0.25, 0.3) is 0 Å². The fourth-order valence-electron chi connectivity index (χ4n) is 2.55. The van der Waals surface area contributed by atoms with Crippen LogP contribution in [0.3, 0.4) is 0 Å². The molecule has 1 N–H and O–H groups in total. The molecule has 1 saturated carbocycles. The molecule has 0 amide bonds. The second-order valence-electron chi connectivity index (χ2n) is 6.18. The maximum absolute atomic E-state index is 3.27. The minimum Gasteiger partial charge on any atom is -0.316 e. The van der Waals surface area contributed by atoms with Crippen LogP contribution in [0.2, 0.25) is 0 Å². The van der Waals surface area contributed by atoms with Crippen molar-refractivity contribution in [1.29, 1.82) is 0 Å². The minimum absolute atomic E-state index is 0.800. The molecule has 0 radical (unpaired) electrons. The van der Waals surface area contributed by atoms with E-state index in [2.05, 4.69) is 48.3 Å². The van der Waals surface area contributed by atoms with Crippen LogP contribution >= 0.6 is 0 Å². The van der Waals surface area contributed by atoms with Crippen LogP contribution in [0.4, 0.5) is 0 Å². The van der Waals surface area contributed by atoms with Crippen molar-refractivity contribution in [2.75, 3.05) is 13.6 Å². The van der Waals surface area contributed by atoms with Gasteiger partial charge in [-0.25, -0.2) is 0 Å². The van der Waals surface area contributed by atoms with Crippen molar-refractivity contribution in [2.24, 2.45) is 5.92 Å². The summed E-state index contributed by atoms with van der Waals surface area (Å²) >= 11 is 0. The van der Waals surface area contributed by atoms with Crippen molar-refractivity contribution < 1.29 is 0 Å². The van der Waals surface area contributed by atoms with E-state index in [4.69, 9.17) is 0 Å². The van der Waals surface area contributed by atoms with Crippen LogP contribution < -0.4 is 5.32 Å². The highest BCUT2D eigenvalue weighted by Gasteiger charge is 2.28. The Balaban J connectivity index is 1.99. The molecule has 2 nitrogen and oxygen atoms in total. The average molecular weight is 260 g/mol. The van der Waals surface area contributed by atoms with E-state index >= 15 is 0 Å². The minimum atomic E-state index is 0.800. The number of nitrogens with one attached hydrogen (secondary N) is 1. The van der Waals surface area contributed by atoms with E-state index in [0.717, 1.165) is 25.0 Å². The zero-order valence-electron chi connectivity index (χ0n) is 12.7. The zero-order valence-corrected chi connectivity index (χ0v) is 12.7. The molecule has 0 heterocycles. The van der Waals surface area contributed by atoms with Gasteiger partial charge < -0.3 is 5.32 Å². The van der Waals surface area contributed by atoms with Crippen molar-refractivity contribution in [2.45, 2.75) is 52.2 Å². The quantitative estimate of drug-likeness (QED) is 0.770. The van der Waals surface area contributed by atoms with Crippen molar-refractivity contribution in [3.63, 3.8) is 0 Å². The molecular weight excluding hydrogens is 232 g/mol. The summed E-state index contributed by atoms with van der Waals surface area (Å²) in [5.74, 6) is 0.800. The maximum Gasteiger partial charge on any atom is 0.0239 e. The molecule has 0 atom stereocenters. The van der Waals surface area contributed by atoms with E-state index in [1.165, 1.54) is 36.9 Å². The summed E-state index contributed by atoms with van der Waals surface area (Å²) in [5, 5.41) is 3.27.